The molecule has 0 spiro atoms. The highest BCUT2D eigenvalue weighted by atomic mass is 32.2. The normalized spacial score (nSPS) is 23.1. The van der Waals surface area contributed by atoms with E-state index < -0.39 is 22.9 Å². The lowest BCUT2D eigenvalue weighted by Gasteiger charge is -2.37. The molecule has 3 amide bonds. The smallest absolute Gasteiger partial charge is 0.407 e. The van der Waals surface area contributed by atoms with Gasteiger partial charge in [-0.1, -0.05) is 20.3 Å². The molecule has 0 unspecified atom stereocenters. The van der Waals surface area contributed by atoms with Crippen LogP contribution in [0.2, 0.25) is 0 Å². The molecule has 0 bridgehead atoms. The van der Waals surface area contributed by atoms with Crippen LogP contribution in [0.5, 0.6) is 0 Å². The van der Waals surface area contributed by atoms with E-state index in [0.717, 1.165) is 57.1 Å². The Bertz CT molecular complexity index is 755. The van der Waals surface area contributed by atoms with E-state index in [1.54, 1.807) is 16.7 Å². The molecular formula is C26H47N5O4S. The van der Waals surface area contributed by atoms with Gasteiger partial charge in [0.2, 0.25) is 11.8 Å². The van der Waals surface area contributed by atoms with Crippen molar-refractivity contribution in [2.24, 2.45) is 17.6 Å². The Morgan fingerprint density at radius 3 is 2.44 bits per heavy atom. The van der Waals surface area contributed by atoms with E-state index in [2.05, 4.69) is 17.6 Å². The molecular weight excluding hydrogens is 478 g/mol. The first-order valence-corrected chi connectivity index (χ1v) is 14.6. The molecule has 5 N–H and O–H groups in total. The van der Waals surface area contributed by atoms with E-state index in [1.807, 2.05) is 20.8 Å². The van der Waals surface area contributed by atoms with Crippen molar-refractivity contribution >= 4 is 35.5 Å². The topological polar surface area (TPSA) is 138 Å². The maximum atomic E-state index is 13.8. The molecule has 2 fully saturated rings. The van der Waals surface area contributed by atoms with Gasteiger partial charge in [0.15, 0.2) is 0 Å². The molecule has 0 aromatic heterocycles. The van der Waals surface area contributed by atoms with Crippen LogP contribution in [0.3, 0.4) is 0 Å². The second kappa shape index (κ2) is 14.7. The van der Waals surface area contributed by atoms with Crippen molar-refractivity contribution in [1.29, 1.82) is 5.41 Å². The van der Waals surface area contributed by atoms with Crippen LogP contribution in [0, 0.1) is 17.2 Å². The fourth-order valence-electron chi connectivity index (χ4n) is 4.96. The van der Waals surface area contributed by atoms with Gasteiger partial charge in [-0.25, -0.2) is 4.79 Å². The van der Waals surface area contributed by atoms with Crippen molar-refractivity contribution in [3.63, 3.8) is 0 Å². The molecule has 1 saturated heterocycles. The number of hydrogen-bond acceptors (Lipinski definition) is 6. The van der Waals surface area contributed by atoms with Crippen LogP contribution in [0.4, 0.5) is 4.79 Å². The summed E-state index contributed by atoms with van der Waals surface area (Å²) in [5.74, 6) is 1.29. The van der Waals surface area contributed by atoms with Crippen molar-refractivity contribution < 1.29 is 19.1 Å². The number of nitrogens with zero attached hydrogens (tertiary/aromatic N) is 1. The zero-order valence-corrected chi connectivity index (χ0v) is 23.4. The van der Waals surface area contributed by atoms with Crippen LogP contribution in [0.25, 0.3) is 0 Å². The third kappa shape index (κ3) is 8.85. The Kier molecular flexibility index (Phi) is 12.3. The van der Waals surface area contributed by atoms with Crippen LogP contribution in [-0.2, 0) is 14.3 Å². The van der Waals surface area contributed by atoms with E-state index in [9.17, 15) is 14.4 Å². The minimum atomic E-state index is -0.793. The molecule has 2 rings (SSSR count). The number of carbonyl (C=O) groups excluding carboxylic acids is 3. The van der Waals surface area contributed by atoms with Crippen molar-refractivity contribution in [1.82, 2.24) is 15.5 Å². The standard InChI is InChI=1S/C26H47N5O4S/c1-5-7-15-35-25(34)30-21(26(3,4)36-16-6-2)24(33)31-14-8-9-20(31)23(32)29-17-18-10-12-19(13-11-18)22(27)28/h18-21H,5-17H2,1-4H3,(H3,27,28)(H,29,32)(H,30,34)/t18?,19?,20-,21-/m0/s1. The summed E-state index contributed by atoms with van der Waals surface area (Å²) in [6.07, 6.45) is 7.06. The number of amides is 3. The van der Waals surface area contributed by atoms with E-state index in [0.29, 0.717) is 32.0 Å². The third-order valence-electron chi connectivity index (χ3n) is 7.30. The van der Waals surface area contributed by atoms with Crippen LogP contribution in [0.15, 0.2) is 0 Å². The van der Waals surface area contributed by atoms with Crippen LogP contribution >= 0.6 is 11.8 Å². The second-order valence-corrected chi connectivity index (χ2v) is 12.4. The lowest BCUT2D eigenvalue weighted by Crippen LogP contribution is -2.60. The minimum Gasteiger partial charge on any atom is -0.450 e. The average molecular weight is 526 g/mol. The molecule has 0 aromatic rings. The van der Waals surface area contributed by atoms with Crippen molar-refractivity contribution in [2.75, 3.05) is 25.4 Å². The van der Waals surface area contributed by atoms with Gasteiger partial charge in [-0.3, -0.25) is 15.0 Å². The first kappa shape index (κ1) is 30.3. The zero-order valence-electron chi connectivity index (χ0n) is 22.6. The maximum Gasteiger partial charge on any atom is 0.407 e. The first-order chi connectivity index (χ1) is 17.1. The number of ether oxygens (including phenoxy) is 1. The van der Waals surface area contributed by atoms with Crippen molar-refractivity contribution in [3.05, 3.63) is 0 Å². The van der Waals surface area contributed by atoms with E-state index in [4.69, 9.17) is 15.9 Å². The highest BCUT2D eigenvalue weighted by molar-refractivity contribution is 8.00. The van der Waals surface area contributed by atoms with Crippen LogP contribution in [-0.4, -0.2) is 70.9 Å². The summed E-state index contributed by atoms with van der Waals surface area (Å²) in [4.78, 5) is 41.1. The number of thioether (sulfide) groups is 1. The van der Waals surface area contributed by atoms with Gasteiger partial charge in [0.05, 0.1) is 12.4 Å². The number of likely N-dealkylation sites (tertiary alicyclic amines) is 1. The quantitative estimate of drug-likeness (QED) is 0.165. The average Bonchev–Trinajstić information content (AvgIpc) is 3.35. The first-order valence-electron chi connectivity index (χ1n) is 13.6. The minimum absolute atomic E-state index is 0.127. The lowest BCUT2D eigenvalue weighted by atomic mass is 9.81. The predicted molar refractivity (Wildman–Crippen MR) is 145 cm³/mol. The number of nitrogens with one attached hydrogen (secondary N) is 3. The summed E-state index contributed by atoms with van der Waals surface area (Å²) < 4.78 is 4.74. The number of amidine groups is 1. The number of alkyl carbamates (subject to hydrolysis) is 1. The second-order valence-electron chi connectivity index (χ2n) is 10.6. The highest BCUT2D eigenvalue weighted by Crippen LogP contribution is 2.32. The van der Waals surface area contributed by atoms with E-state index in [-0.39, 0.29) is 23.6 Å². The molecule has 1 heterocycles. The molecule has 10 heteroatoms. The molecule has 1 saturated carbocycles. The molecule has 0 aromatic carbocycles. The van der Waals surface area contributed by atoms with Gasteiger partial charge in [-0.05, 0) is 76.9 Å². The summed E-state index contributed by atoms with van der Waals surface area (Å²) in [5, 5.41) is 13.5. The Balaban J connectivity index is 2.02. The SMILES string of the molecule is CCCCOC(=O)N[C@@H](C(=O)N1CCC[C@H]1C(=O)NCC1CCC(C(=N)N)CC1)C(C)(C)SCCC. The van der Waals surface area contributed by atoms with E-state index in [1.165, 1.54) is 0 Å². The summed E-state index contributed by atoms with van der Waals surface area (Å²) in [6.45, 7) is 9.42. The molecule has 2 aliphatic rings. The van der Waals surface area contributed by atoms with Crippen LogP contribution in [0.1, 0.15) is 85.5 Å². The maximum absolute atomic E-state index is 13.8. The number of hydrogen-bond donors (Lipinski definition) is 4. The Labute approximate surface area is 220 Å². The van der Waals surface area contributed by atoms with Gasteiger partial charge < -0.3 is 26.0 Å². The largest absolute Gasteiger partial charge is 0.450 e. The van der Waals surface area contributed by atoms with Gasteiger partial charge in [-0.2, -0.15) is 11.8 Å². The monoisotopic (exact) mass is 525 g/mol. The molecule has 206 valence electrons. The van der Waals surface area contributed by atoms with Gasteiger partial charge in [0.1, 0.15) is 12.1 Å². The predicted octanol–water partition coefficient (Wildman–Crippen LogP) is 3.65. The summed E-state index contributed by atoms with van der Waals surface area (Å²) in [6, 6.07) is -1.32. The molecule has 9 nitrogen and oxygen atoms in total. The molecule has 1 aliphatic carbocycles. The van der Waals surface area contributed by atoms with Gasteiger partial charge in [0.25, 0.3) is 0 Å². The van der Waals surface area contributed by atoms with Crippen LogP contribution < -0.4 is 16.4 Å². The summed E-state index contributed by atoms with van der Waals surface area (Å²) in [7, 11) is 0. The number of rotatable bonds is 13. The number of carbonyl (C=O) groups is 3. The molecule has 2 atom stereocenters. The molecule has 1 aliphatic heterocycles. The Morgan fingerprint density at radius 2 is 1.83 bits per heavy atom. The fraction of sp³-hybridized carbons (Fsp3) is 0.846. The Hall–Kier alpha value is -1.97. The molecule has 0 radical (unpaired) electrons. The molecule has 36 heavy (non-hydrogen) atoms. The third-order valence-corrected chi connectivity index (χ3v) is 8.90. The zero-order chi connectivity index (χ0) is 26.7. The fourth-order valence-corrected chi connectivity index (χ4v) is 6.02. The van der Waals surface area contributed by atoms with Crippen molar-refractivity contribution in [3.8, 4) is 0 Å². The lowest BCUT2D eigenvalue weighted by molar-refractivity contribution is -0.140. The van der Waals surface area contributed by atoms with Crippen molar-refractivity contribution in [2.45, 2.75) is 102 Å². The van der Waals surface area contributed by atoms with Gasteiger partial charge in [0, 0.05) is 23.8 Å². The Morgan fingerprint density at radius 1 is 1.14 bits per heavy atom. The van der Waals surface area contributed by atoms with E-state index >= 15 is 0 Å². The number of unbranched alkanes of at least 4 members (excludes halogenated alkanes) is 1. The van der Waals surface area contributed by atoms with Gasteiger partial charge in [-0.15, -0.1) is 0 Å². The highest BCUT2D eigenvalue weighted by Gasteiger charge is 2.44. The summed E-state index contributed by atoms with van der Waals surface area (Å²) in [5.41, 5.74) is 5.64. The summed E-state index contributed by atoms with van der Waals surface area (Å²) >= 11 is 1.64. The number of nitrogens with two attached hydrogens (primary N) is 1. The van der Waals surface area contributed by atoms with Gasteiger partial charge >= 0.3 is 6.09 Å².